The minimum atomic E-state index is 0. The van der Waals surface area contributed by atoms with Crippen LogP contribution in [0.1, 0.15) is 25.3 Å². The van der Waals surface area contributed by atoms with Gasteiger partial charge in [-0.15, -0.1) is 24.3 Å². The van der Waals surface area contributed by atoms with E-state index in [1.807, 2.05) is 24.3 Å². The smallest absolute Gasteiger partial charge is 0.116 e. The zero-order valence-electron chi connectivity index (χ0n) is 12.8. The molecule has 4 heteroatoms. The van der Waals surface area contributed by atoms with Crippen molar-refractivity contribution in [2.75, 3.05) is 20.3 Å². The predicted octanol–water partition coefficient (Wildman–Crippen LogP) is 3.39. The van der Waals surface area contributed by atoms with Crippen LogP contribution < -0.4 is 10.1 Å². The number of methoxy groups -OCH3 is 1. The topological polar surface area (TPSA) is 30.5 Å². The molecule has 3 nitrogen and oxygen atoms in total. The molecule has 0 aromatic heterocycles. The van der Waals surface area contributed by atoms with Crippen LogP contribution in [-0.4, -0.2) is 20.3 Å². The number of allylic oxidation sites excluding steroid dienone is 2. The van der Waals surface area contributed by atoms with E-state index in [1.54, 1.807) is 7.11 Å². The van der Waals surface area contributed by atoms with E-state index in [9.17, 15) is 0 Å². The molecule has 1 radical (unpaired) electrons. The summed E-state index contributed by atoms with van der Waals surface area (Å²) < 4.78 is 10.6. The second-order valence-electron chi connectivity index (χ2n) is 5.03. The molecular weight excluding hydrogens is 339 g/mol. The van der Waals surface area contributed by atoms with Crippen LogP contribution in [0, 0.1) is 12.0 Å². The quantitative estimate of drug-likeness (QED) is 0.623. The average molecular weight is 361 g/mol. The molecule has 1 aliphatic rings. The standard InChI is InChI=1S/C17H22NO2.Y/c1-13-5-10-17(18-14(13)2)15-6-8-16(9-7-15)20-12-4-11-19-3;/h6-9,13,18H,2,4-5,11-12H2,1,3H3;/q-1;. The van der Waals surface area contributed by atoms with Gasteiger partial charge < -0.3 is 14.8 Å². The molecule has 1 aromatic carbocycles. The van der Waals surface area contributed by atoms with E-state index in [-0.39, 0.29) is 32.7 Å². The summed E-state index contributed by atoms with van der Waals surface area (Å²) in [7, 11) is 1.70. The summed E-state index contributed by atoms with van der Waals surface area (Å²) >= 11 is 0. The van der Waals surface area contributed by atoms with Crippen molar-refractivity contribution in [2.45, 2.75) is 19.8 Å². The second kappa shape index (κ2) is 9.40. The van der Waals surface area contributed by atoms with Crippen LogP contribution in [0.15, 0.2) is 36.5 Å². The van der Waals surface area contributed by atoms with Crippen molar-refractivity contribution in [3.05, 3.63) is 48.2 Å². The van der Waals surface area contributed by atoms with Gasteiger partial charge >= 0.3 is 0 Å². The van der Waals surface area contributed by atoms with Crippen molar-refractivity contribution in [3.8, 4) is 5.75 Å². The fourth-order valence-electron chi connectivity index (χ4n) is 1.99. The molecule has 2 rings (SSSR count). The van der Waals surface area contributed by atoms with Crippen molar-refractivity contribution in [1.82, 2.24) is 5.32 Å². The Morgan fingerprint density at radius 2 is 2.00 bits per heavy atom. The molecule has 0 amide bonds. The molecule has 1 unspecified atom stereocenters. The zero-order valence-corrected chi connectivity index (χ0v) is 15.7. The molecule has 21 heavy (non-hydrogen) atoms. The number of ether oxygens (including phenoxy) is 2. The van der Waals surface area contributed by atoms with Crippen molar-refractivity contribution >= 4 is 5.70 Å². The molecule has 1 heterocycles. The van der Waals surface area contributed by atoms with Crippen LogP contribution in [0.5, 0.6) is 5.75 Å². The van der Waals surface area contributed by atoms with E-state index in [0.717, 1.165) is 42.2 Å². The summed E-state index contributed by atoms with van der Waals surface area (Å²) in [5.74, 6) is 1.33. The first-order valence-electron chi connectivity index (χ1n) is 6.99. The summed E-state index contributed by atoms with van der Waals surface area (Å²) in [6.07, 6.45) is 5.19. The summed E-state index contributed by atoms with van der Waals surface area (Å²) in [5, 5.41) is 3.32. The van der Waals surface area contributed by atoms with Gasteiger partial charge in [0.25, 0.3) is 0 Å². The Kier molecular flexibility index (Phi) is 8.24. The molecule has 1 atom stereocenters. The molecule has 0 fully saturated rings. The van der Waals surface area contributed by atoms with Gasteiger partial charge in [0.15, 0.2) is 0 Å². The van der Waals surface area contributed by atoms with Crippen molar-refractivity contribution in [2.24, 2.45) is 5.92 Å². The number of hydrogen-bond acceptors (Lipinski definition) is 3. The molecule has 1 aromatic rings. The van der Waals surface area contributed by atoms with Gasteiger partial charge in [0.1, 0.15) is 5.75 Å². The average Bonchev–Trinajstić information content (AvgIpc) is 2.47. The molecule has 111 valence electrons. The van der Waals surface area contributed by atoms with Gasteiger partial charge in [-0.05, 0) is 18.1 Å². The Morgan fingerprint density at radius 3 is 2.62 bits per heavy atom. The first kappa shape index (κ1) is 18.4. The Morgan fingerprint density at radius 1 is 1.29 bits per heavy atom. The Labute approximate surface area is 152 Å². The summed E-state index contributed by atoms with van der Waals surface area (Å²) in [5.41, 5.74) is 3.18. The maximum atomic E-state index is 5.64. The SMILES string of the molecule is C=C1NC(c2ccc(OCCCOC)cc2)=[C-]CC1C.[Y]. The van der Waals surface area contributed by atoms with Crippen LogP contribution >= 0.6 is 0 Å². The molecule has 1 N–H and O–H groups in total. The summed E-state index contributed by atoms with van der Waals surface area (Å²) in [4.78, 5) is 0. The zero-order chi connectivity index (χ0) is 14.4. The van der Waals surface area contributed by atoms with E-state index in [4.69, 9.17) is 9.47 Å². The van der Waals surface area contributed by atoms with Gasteiger partial charge in [-0.25, -0.2) is 6.08 Å². The molecule has 0 spiro atoms. The number of rotatable bonds is 6. The Balaban J connectivity index is 0.00000220. The van der Waals surface area contributed by atoms with E-state index in [1.165, 1.54) is 0 Å². The number of hydrogen-bond donors (Lipinski definition) is 1. The molecular formula is C17H22NO2Y-. The van der Waals surface area contributed by atoms with Crippen LogP contribution in [0.25, 0.3) is 5.70 Å². The minimum Gasteiger partial charge on any atom is -0.494 e. The van der Waals surface area contributed by atoms with Crippen molar-refractivity contribution < 1.29 is 42.2 Å². The second-order valence-corrected chi connectivity index (χ2v) is 5.03. The fraction of sp³-hybridized carbons (Fsp3) is 0.412. The molecule has 1 aliphatic heterocycles. The van der Waals surface area contributed by atoms with Crippen LogP contribution in [0.3, 0.4) is 0 Å². The van der Waals surface area contributed by atoms with Gasteiger partial charge in [-0.3, -0.25) is 0 Å². The third-order valence-electron chi connectivity index (χ3n) is 3.37. The maximum absolute atomic E-state index is 5.64. The third kappa shape index (κ3) is 5.57. The van der Waals surface area contributed by atoms with Gasteiger partial charge in [0, 0.05) is 58.5 Å². The minimum absolute atomic E-state index is 0. The van der Waals surface area contributed by atoms with Gasteiger partial charge in [-0.2, -0.15) is 5.56 Å². The third-order valence-corrected chi connectivity index (χ3v) is 3.37. The fourth-order valence-corrected chi connectivity index (χ4v) is 1.99. The molecule has 0 saturated heterocycles. The Bertz CT molecular complexity index is 482. The van der Waals surface area contributed by atoms with E-state index >= 15 is 0 Å². The first-order valence-corrected chi connectivity index (χ1v) is 6.99. The van der Waals surface area contributed by atoms with Gasteiger partial charge in [-0.1, -0.05) is 13.5 Å². The largest absolute Gasteiger partial charge is 0.494 e. The van der Waals surface area contributed by atoms with Crippen LogP contribution in [-0.2, 0) is 37.4 Å². The summed E-state index contributed by atoms with van der Waals surface area (Å²) in [6.45, 7) is 7.59. The van der Waals surface area contributed by atoms with Crippen molar-refractivity contribution in [1.29, 1.82) is 0 Å². The molecule has 0 aliphatic carbocycles. The van der Waals surface area contributed by atoms with E-state index in [0.29, 0.717) is 12.5 Å². The first-order chi connectivity index (χ1) is 9.70. The van der Waals surface area contributed by atoms with Crippen LogP contribution in [0.2, 0.25) is 0 Å². The van der Waals surface area contributed by atoms with Gasteiger partial charge in [0.2, 0.25) is 0 Å². The van der Waals surface area contributed by atoms with E-state index < -0.39 is 0 Å². The normalized spacial score (nSPS) is 17.5. The number of benzene rings is 1. The Hall–Kier alpha value is -0.636. The predicted molar refractivity (Wildman–Crippen MR) is 81.1 cm³/mol. The monoisotopic (exact) mass is 361 g/mol. The molecule has 0 bridgehead atoms. The summed E-state index contributed by atoms with van der Waals surface area (Å²) in [6, 6.07) is 8.06. The van der Waals surface area contributed by atoms with Crippen molar-refractivity contribution in [3.63, 3.8) is 0 Å². The molecule has 0 saturated carbocycles. The maximum Gasteiger partial charge on any atom is 0.116 e. The number of nitrogens with one attached hydrogen (secondary N) is 1. The van der Waals surface area contributed by atoms with Crippen LogP contribution in [0.4, 0.5) is 0 Å². The van der Waals surface area contributed by atoms with E-state index in [2.05, 4.69) is 24.9 Å². The van der Waals surface area contributed by atoms with Gasteiger partial charge in [0.05, 0.1) is 6.61 Å².